The molecule has 34 heavy (non-hydrogen) atoms. The monoisotopic (exact) mass is 454 g/mol. The van der Waals surface area contributed by atoms with E-state index in [2.05, 4.69) is 15.6 Å². The lowest BCUT2D eigenvalue weighted by Gasteiger charge is -2.16. The van der Waals surface area contributed by atoms with Crippen LogP contribution in [0.25, 0.3) is 5.69 Å². The third-order valence-electron chi connectivity index (χ3n) is 5.63. The summed E-state index contributed by atoms with van der Waals surface area (Å²) in [5.74, 6) is -0.102. The first-order valence-corrected chi connectivity index (χ1v) is 10.9. The molecule has 0 atom stereocenters. The van der Waals surface area contributed by atoms with Crippen LogP contribution in [0.2, 0.25) is 0 Å². The molecule has 0 fully saturated rings. The number of H-pyrrole nitrogens is 1. The van der Waals surface area contributed by atoms with Gasteiger partial charge in [-0.2, -0.15) is 5.10 Å². The van der Waals surface area contributed by atoms with Gasteiger partial charge in [0.25, 0.3) is 11.5 Å². The molecule has 7 nitrogen and oxygen atoms in total. The average Bonchev–Trinajstić information content (AvgIpc) is 3.17. The highest BCUT2D eigenvalue weighted by Crippen LogP contribution is 2.24. The quantitative estimate of drug-likeness (QED) is 0.325. The molecule has 4 aromatic rings. The standard InChI is InChI=1S/C27H26N4O3/c1-18(24-19(2)30-31(27(24)33)22-14-16-23(34-3)17-15-22)28-29-26(32)25(20-10-6-4-7-11-20)21-12-8-5-9-13-21/h4-17,25,30H,1-3H3,(H,29,32)/b28-18+. The van der Waals surface area contributed by atoms with Crippen molar-refractivity contribution in [1.82, 2.24) is 15.2 Å². The molecule has 0 aliphatic heterocycles. The number of nitrogens with one attached hydrogen (secondary N) is 2. The highest BCUT2D eigenvalue weighted by atomic mass is 16.5. The average molecular weight is 455 g/mol. The molecule has 0 saturated carbocycles. The molecule has 0 radical (unpaired) electrons. The van der Waals surface area contributed by atoms with Crippen molar-refractivity contribution in [2.75, 3.05) is 7.11 Å². The summed E-state index contributed by atoms with van der Waals surface area (Å²) >= 11 is 0. The second-order valence-electron chi connectivity index (χ2n) is 7.88. The number of hydrazone groups is 1. The molecule has 172 valence electrons. The molecule has 3 aromatic carbocycles. The number of nitrogens with zero attached hydrogens (tertiary/aromatic N) is 2. The van der Waals surface area contributed by atoms with Gasteiger partial charge in [-0.15, -0.1) is 0 Å². The van der Waals surface area contributed by atoms with E-state index in [-0.39, 0.29) is 11.5 Å². The fourth-order valence-electron chi connectivity index (χ4n) is 3.93. The normalized spacial score (nSPS) is 11.5. The van der Waals surface area contributed by atoms with E-state index in [0.717, 1.165) is 11.1 Å². The molecule has 1 aromatic heterocycles. The summed E-state index contributed by atoms with van der Waals surface area (Å²) in [6.07, 6.45) is 0. The molecule has 4 rings (SSSR count). The molecule has 1 amide bonds. The minimum Gasteiger partial charge on any atom is -0.497 e. The van der Waals surface area contributed by atoms with Crippen molar-refractivity contribution in [3.63, 3.8) is 0 Å². The van der Waals surface area contributed by atoms with Crippen LogP contribution >= 0.6 is 0 Å². The third kappa shape index (κ3) is 4.68. The topological polar surface area (TPSA) is 88.5 Å². The van der Waals surface area contributed by atoms with E-state index in [1.165, 1.54) is 4.68 Å². The first-order chi connectivity index (χ1) is 16.5. The van der Waals surface area contributed by atoms with Crippen molar-refractivity contribution >= 4 is 11.6 Å². The summed E-state index contributed by atoms with van der Waals surface area (Å²) in [5.41, 5.74) is 6.29. The van der Waals surface area contributed by atoms with E-state index in [0.29, 0.717) is 28.4 Å². The van der Waals surface area contributed by atoms with E-state index in [1.807, 2.05) is 60.7 Å². The Balaban J connectivity index is 1.61. The van der Waals surface area contributed by atoms with Gasteiger partial charge in [0.1, 0.15) is 5.75 Å². The number of methoxy groups -OCH3 is 1. The second kappa shape index (κ2) is 10.0. The Hall–Kier alpha value is -4.39. The Bertz CT molecular complexity index is 1320. The lowest BCUT2D eigenvalue weighted by molar-refractivity contribution is -0.121. The van der Waals surface area contributed by atoms with Gasteiger partial charge in [-0.25, -0.2) is 10.1 Å². The lowest BCUT2D eigenvalue weighted by Crippen LogP contribution is -2.28. The van der Waals surface area contributed by atoms with Gasteiger partial charge >= 0.3 is 0 Å². The summed E-state index contributed by atoms with van der Waals surface area (Å²) < 4.78 is 6.63. The number of rotatable bonds is 7. The summed E-state index contributed by atoms with van der Waals surface area (Å²) in [5, 5.41) is 7.37. The Morgan fingerprint density at radius 3 is 2.03 bits per heavy atom. The van der Waals surface area contributed by atoms with Gasteiger partial charge in [0, 0.05) is 5.69 Å². The molecule has 0 aliphatic carbocycles. The number of aromatic amines is 1. The number of carbonyl (C=O) groups is 1. The van der Waals surface area contributed by atoms with Crippen molar-refractivity contribution < 1.29 is 9.53 Å². The molecular formula is C27H26N4O3. The molecule has 0 spiro atoms. The van der Waals surface area contributed by atoms with E-state index >= 15 is 0 Å². The van der Waals surface area contributed by atoms with Crippen molar-refractivity contribution in [3.05, 3.63) is 118 Å². The van der Waals surface area contributed by atoms with E-state index in [9.17, 15) is 9.59 Å². The molecule has 0 unspecified atom stereocenters. The maximum Gasteiger partial charge on any atom is 0.280 e. The highest BCUT2D eigenvalue weighted by molar-refractivity contribution is 6.00. The fourth-order valence-corrected chi connectivity index (χ4v) is 3.93. The molecule has 0 bridgehead atoms. The Morgan fingerprint density at radius 1 is 0.941 bits per heavy atom. The smallest absolute Gasteiger partial charge is 0.280 e. The van der Waals surface area contributed by atoms with Crippen LogP contribution in [-0.4, -0.2) is 28.5 Å². The van der Waals surface area contributed by atoms with Gasteiger partial charge in [-0.05, 0) is 49.2 Å². The molecular weight excluding hydrogens is 428 g/mol. The Labute approximate surface area is 197 Å². The largest absolute Gasteiger partial charge is 0.497 e. The second-order valence-corrected chi connectivity index (χ2v) is 7.88. The maximum absolute atomic E-state index is 13.2. The van der Waals surface area contributed by atoms with Gasteiger partial charge in [0.15, 0.2) is 0 Å². The van der Waals surface area contributed by atoms with Crippen LogP contribution < -0.4 is 15.7 Å². The van der Waals surface area contributed by atoms with E-state index < -0.39 is 5.92 Å². The van der Waals surface area contributed by atoms with Crippen LogP contribution in [-0.2, 0) is 4.79 Å². The van der Waals surface area contributed by atoms with Crippen LogP contribution in [0.3, 0.4) is 0 Å². The van der Waals surface area contributed by atoms with Crippen molar-refractivity contribution in [2.45, 2.75) is 19.8 Å². The molecule has 7 heteroatoms. The summed E-state index contributed by atoms with van der Waals surface area (Å²) in [4.78, 5) is 26.3. The van der Waals surface area contributed by atoms with Crippen LogP contribution in [0.4, 0.5) is 0 Å². The number of ether oxygens (including phenoxy) is 1. The SMILES string of the molecule is COc1ccc(-n2[nH]c(C)c(/C(C)=N/NC(=O)C(c3ccccc3)c3ccccc3)c2=O)cc1. The zero-order valence-electron chi connectivity index (χ0n) is 19.3. The van der Waals surface area contributed by atoms with Gasteiger partial charge < -0.3 is 4.74 Å². The van der Waals surface area contributed by atoms with Crippen LogP contribution in [0, 0.1) is 6.92 Å². The Kier molecular flexibility index (Phi) is 6.73. The van der Waals surface area contributed by atoms with Gasteiger partial charge in [0.05, 0.1) is 30.0 Å². The zero-order chi connectivity index (χ0) is 24.1. The first kappa shape index (κ1) is 22.8. The zero-order valence-corrected chi connectivity index (χ0v) is 19.3. The maximum atomic E-state index is 13.2. The third-order valence-corrected chi connectivity index (χ3v) is 5.63. The fraction of sp³-hybridized carbons (Fsp3) is 0.148. The summed E-state index contributed by atoms with van der Waals surface area (Å²) in [7, 11) is 1.59. The van der Waals surface area contributed by atoms with Crippen molar-refractivity contribution in [3.8, 4) is 11.4 Å². The first-order valence-electron chi connectivity index (χ1n) is 10.9. The number of aromatic nitrogens is 2. The number of hydrogen-bond donors (Lipinski definition) is 2. The molecule has 0 saturated heterocycles. The van der Waals surface area contributed by atoms with Crippen LogP contribution in [0.1, 0.15) is 35.2 Å². The number of amides is 1. The number of aryl methyl sites for hydroxylation is 1. The predicted octanol–water partition coefficient (Wildman–Crippen LogP) is 4.15. The summed E-state index contributed by atoms with van der Waals surface area (Å²) in [6.45, 7) is 3.50. The molecule has 1 heterocycles. The number of hydrogen-bond acceptors (Lipinski definition) is 4. The number of carbonyl (C=O) groups excluding carboxylic acids is 1. The van der Waals surface area contributed by atoms with Crippen molar-refractivity contribution in [1.29, 1.82) is 0 Å². The van der Waals surface area contributed by atoms with Crippen LogP contribution in [0.15, 0.2) is 94.8 Å². The summed E-state index contributed by atoms with van der Waals surface area (Å²) in [6, 6.07) is 26.2. The van der Waals surface area contributed by atoms with Crippen LogP contribution in [0.5, 0.6) is 5.75 Å². The highest BCUT2D eigenvalue weighted by Gasteiger charge is 2.23. The molecule has 2 N–H and O–H groups in total. The van der Waals surface area contributed by atoms with E-state index in [1.54, 1.807) is 45.2 Å². The molecule has 0 aliphatic rings. The Morgan fingerprint density at radius 2 is 1.50 bits per heavy atom. The van der Waals surface area contributed by atoms with Crippen molar-refractivity contribution in [2.24, 2.45) is 5.10 Å². The van der Waals surface area contributed by atoms with E-state index in [4.69, 9.17) is 4.74 Å². The predicted molar refractivity (Wildman–Crippen MR) is 133 cm³/mol. The van der Waals surface area contributed by atoms with Gasteiger partial charge in [-0.3, -0.25) is 14.7 Å². The minimum absolute atomic E-state index is 0.249. The minimum atomic E-state index is -0.526. The van der Waals surface area contributed by atoms with Gasteiger partial charge in [-0.1, -0.05) is 60.7 Å². The van der Waals surface area contributed by atoms with Gasteiger partial charge in [0.2, 0.25) is 0 Å². The lowest BCUT2D eigenvalue weighted by atomic mass is 9.91. The number of benzene rings is 3.